The molecule has 1 saturated heterocycles. The molecular weight excluding hydrogens is 709 g/mol. The number of carbonyl (C=O) groups excluding carboxylic acids is 3. The summed E-state index contributed by atoms with van der Waals surface area (Å²) in [4.78, 5) is 41.3. The highest BCUT2D eigenvalue weighted by Gasteiger charge is 2.43. The molecule has 2 N–H and O–H groups in total. The van der Waals surface area contributed by atoms with Crippen LogP contribution in [0, 0.1) is 11.8 Å². The summed E-state index contributed by atoms with van der Waals surface area (Å²) in [5.41, 5.74) is 3.09. The standard InChI is InChI=1S/C41H54N4O6S2/c1-2-49-38(46)42-31-33-14-12-13-15-34(30-33)32-43-39(47)50-26-28-52-53-29-27-51-40(48)44-22-24-45(25-23-44)41(35-16-6-3-7-17-35,36-18-8-4-9-19-36)37-20-10-5-11-21-37/h3-11,16-21,33-34H,2,12-15,22-32H2,1H3,(H,42,46)(H,43,47). The highest BCUT2D eigenvalue weighted by molar-refractivity contribution is 8.76. The van der Waals surface area contributed by atoms with Crippen LogP contribution in [0.25, 0.3) is 0 Å². The lowest BCUT2D eigenvalue weighted by molar-refractivity contribution is 0.0545. The monoisotopic (exact) mass is 762 g/mol. The van der Waals surface area contributed by atoms with Gasteiger partial charge in [0.25, 0.3) is 0 Å². The highest BCUT2D eigenvalue weighted by atomic mass is 33.1. The van der Waals surface area contributed by atoms with Gasteiger partial charge in [0.05, 0.1) is 12.1 Å². The normalized spacial score (nSPS) is 18.0. The van der Waals surface area contributed by atoms with Gasteiger partial charge in [0.2, 0.25) is 0 Å². The lowest BCUT2D eigenvalue weighted by Gasteiger charge is -2.48. The summed E-state index contributed by atoms with van der Waals surface area (Å²) in [6, 6.07) is 31.9. The number of nitrogens with one attached hydrogen (secondary N) is 2. The fraction of sp³-hybridized carbons (Fsp3) is 0.488. The number of alkyl carbamates (subject to hydrolysis) is 2. The molecule has 2 aliphatic rings. The second kappa shape index (κ2) is 21.7. The van der Waals surface area contributed by atoms with Crippen molar-refractivity contribution in [2.45, 2.75) is 44.6 Å². The van der Waals surface area contributed by atoms with Gasteiger partial charge in [-0.2, -0.15) is 0 Å². The summed E-state index contributed by atoms with van der Waals surface area (Å²) >= 11 is 0. The zero-order valence-electron chi connectivity index (χ0n) is 30.8. The minimum atomic E-state index is -0.498. The first-order chi connectivity index (χ1) is 26.0. The topological polar surface area (TPSA) is 109 Å². The van der Waals surface area contributed by atoms with E-state index in [0.717, 1.165) is 32.1 Å². The average Bonchev–Trinajstić information content (AvgIpc) is 3.44. The number of hydrogen-bond acceptors (Lipinski definition) is 9. The van der Waals surface area contributed by atoms with Crippen molar-refractivity contribution >= 4 is 39.9 Å². The van der Waals surface area contributed by atoms with E-state index in [1.807, 2.05) is 4.90 Å². The van der Waals surface area contributed by atoms with Crippen LogP contribution in [0.3, 0.4) is 0 Å². The zero-order chi connectivity index (χ0) is 37.1. The molecule has 2 fully saturated rings. The van der Waals surface area contributed by atoms with Crippen molar-refractivity contribution in [3.8, 4) is 0 Å². The summed E-state index contributed by atoms with van der Waals surface area (Å²) in [7, 11) is 3.20. The summed E-state index contributed by atoms with van der Waals surface area (Å²) in [5, 5.41) is 5.78. The van der Waals surface area contributed by atoms with Gasteiger partial charge in [-0.3, -0.25) is 4.90 Å². The molecule has 286 valence electrons. The van der Waals surface area contributed by atoms with Gasteiger partial charge in [-0.1, -0.05) is 125 Å². The van der Waals surface area contributed by atoms with Gasteiger partial charge < -0.3 is 29.7 Å². The second-order valence-corrected chi connectivity index (χ2v) is 16.1. The van der Waals surface area contributed by atoms with Crippen LogP contribution in [0.5, 0.6) is 0 Å². The maximum absolute atomic E-state index is 13.1. The fourth-order valence-electron chi connectivity index (χ4n) is 7.48. The summed E-state index contributed by atoms with van der Waals surface area (Å²) in [6.07, 6.45) is 4.28. The lowest BCUT2D eigenvalue weighted by Crippen LogP contribution is -2.57. The Balaban J connectivity index is 0.982. The first-order valence-electron chi connectivity index (χ1n) is 18.9. The molecule has 12 heteroatoms. The van der Waals surface area contributed by atoms with E-state index in [2.05, 4.69) is 107 Å². The molecule has 1 aliphatic carbocycles. The Morgan fingerprint density at radius 3 is 1.58 bits per heavy atom. The summed E-state index contributed by atoms with van der Waals surface area (Å²) < 4.78 is 16.0. The van der Waals surface area contributed by atoms with Crippen LogP contribution in [0.4, 0.5) is 14.4 Å². The first-order valence-corrected chi connectivity index (χ1v) is 21.4. The van der Waals surface area contributed by atoms with E-state index >= 15 is 0 Å². The minimum absolute atomic E-state index is 0.282. The van der Waals surface area contributed by atoms with Gasteiger partial charge in [-0.15, -0.1) is 0 Å². The fourth-order valence-corrected chi connectivity index (χ4v) is 9.14. The largest absolute Gasteiger partial charge is 0.450 e. The van der Waals surface area contributed by atoms with Crippen LogP contribution in [-0.2, 0) is 19.7 Å². The number of rotatable bonds is 16. The molecule has 5 rings (SSSR count). The Morgan fingerprint density at radius 1 is 0.660 bits per heavy atom. The third-order valence-corrected chi connectivity index (χ3v) is 12.3. The Labute approximate surface area is 322 Å². The van der Waals surface area contributed by atoms with Gasteiger partial charge in [0, 0.05) is 50.8 Å². The summed E-state index contributed by atoms with van der Waals surface area (Å²) in [5.74, 6) is 2.04. The molecule has 3 amide bonds. The number of amides is 3. The lowest BCUT2D eigenvalue weighted by atomic mass is 9.75. The van der Waals surface area contributed by atoms with Crippen LogP contribution in [0.2, 0.25) is 0 Å². The predicted octanol–water partition coefficient (Wildman–Crippen LogP) is 7.78. The van der Waals surface area contributed by atoms with Gasteiger partial charge >= 0.3 is 18.3 Å². The Kier molecular flexibility index (Phi) is 16.5. The third-order valence-electron chi connectivity index (χ3n) is 9.95. The molecule has 1 aliphatic heterocycles. The number of carbonyl (C=O) groups is 3. The minimum Gasteiger partial charge on any atom is -0.450 e. The molecular formula is C41H54N4O6S2. The van der Waals surface area contributed by atoms with Crippen LogP contribution >= 0.6 is 21.6 Å². The highest BCUT2D eigenvalue weighted by Crippen LogP contribution is 2.42. The predicted molar refractivity (Wildman–Crippen MR) is 213 cm³/mol. The Bertz CT molecular complexity index is 1430. The first kappa shape index (κ1) is 40.3. The number of ether oxygens (including phenoxy) is 3. The van der Waals surface area contributed by atoms with Crippen molar-refractivity contribution in [2.75, 3.05) is 70.6 Å². The van der Waals surface area contributed by atoms with Gasteiger partial charge in [0.1, 0.15) is 13.2 Å². The SMILES string of the molecule is CCOC(=O)NCC1CCCCC(CNC(=O)OCCSSCCOC(=O)N2CCN(C(c3ccccc3)(c3ccccc3)c3ccccc3)CC2)C1. The maximum Gasteiger partial charge on any atom is 0.409 e. The van der Waals surface area contributed by atoms with Crippen molar-refractivity contribution in [1.29, 1.82) is 0 Å². The Morgan fingerprint density at radius 2 is 1.11 bits per heavy atom. The smallest absolute Gasteiger partial charge is 0.409 e. The molecule has 1 heterocycles. The number of benzene rings is 3. The van der Waals surface area contributed by atoms with E-state index < -0.39 is 11.6 Å². The third kappa shape index (κ3) is 11.8. The second-order valence-electron chi connectivity index (χ2n) is 13.4. The quantitative estimate of drug-likeness (QED) is 0.0497. The van der Waals surface area contributed by atoms with E-state index in [1.165, 1.54) is 16.7 Å². The number of nitrogens with zero attached hydrogens (tertiary/aromatic N) is 2. The van der Waals surface area contributed by atoms with Gasteiger partial charge in [-0.05, 0) is 54.7 Å². The van der Waals surface area contributed by atoms with E-state index in [1.54, 1.807) is 28.5 Å². The van der Waals surface area contributed by atoms with Crippen molar-refractivity contribution in [1.82, 2.24) is 20.4 Å². The van der Waals surface area contributed by atoms with Gasteiger partial charge in [0.15, 0.2) is 0 Å². The molecule has 3 aromatic rings. The molecule has 10 nitrogen and oxygen atoms in total. The molecule has 0 bridgehead atoms. The van der Waals surface area contributed by atoms with Crippen LogP contribution < -0.4 is 10.6 Å². The van der Waals surface area contributed by atoms with E-state index in [-0.39, 0.29) is 12.2 Å². The van der Waals surface area contributed by atoms with Crippen molar-refractivity contribution < 1.29 is 28.6 Å². The molecule has 0 spiro atoms. The van der Waals surface area contributed by atoms with Crippen molar-refractivity contribution in [3.63, 3.8) is 0 Å². The van der Waals surface area contributed by atoms with Crippen LogP contribution in [-0.4, -0.2) is 98.7 Å². The van der Waals surface area contributed by atoms with Crippen LogP contribution in [0.15, 0.2) is 91.0 Å². The summed E-state index contributed by atoms with van der Waals surface area (Å²) in [6.45, 7) is 6.49. The van der Waals surface area contributed by atoms with Crippen molar-refractivity contribution in [3.05, 3.63) is 108 Å². The van der Waals surface area contributed by atoms with Crippen molar-refractivity contribution in [2.24, 2.45) is 11.8 Å². The Hall–Kier alpha value is -3.87. The average molecular weight is 763 g/mol. The van der Waals surface area contributed by atoms with E-state index in [4.69, 9.17) is 14.2 Å². The molecule has 0 radical (unpaired) electrons. The van der Waals surface area contributed by atoms with E-state index in [0.29, 0.717) is 82.4 Å². The maximum atomic E-state index is 13.1. The zero-order valence-corrected chi connectivity index (χ0v) is 32.4. The van der Waals surface area contributed by atoms with E-state index in [9.17, 15) is 14.4 Å². The molecule has 2 atom stereocenters. The molecule has 2 unspecified atom stereocenters. The van der Waals surface area contributed by atoms with Gasteiger partial charge in [-0.25, -0.2) is 14.4 Å². The molecule has 53 heavy (non-hydrogen) atoms. The van der Waals surface area contributed by atoms with Crippen LogP contribution in [0.1, 0.15) is 55.7 Å². The molecule has 0 aromatic heterocycles. The molecule has 3 aromatic carbocycles. The number of piperazine rings is 1. The number of hydrogen-bond donors (Lipinski definition) is 2. The molecule has 1 saturated carbocycles.